The quantitative estimate of drug-likeness (QED) is 0.663. The SMILES string of the molecule is Cc1cccc(C(=O)N2CC(CC(=O)O)C2)c1[N+](=O)[O-]. The maximum Gasteiger partial charge on any atom is 0.303 e. The second kappa shape index (κ2) is 5.28. The zero-order valence-corrected chi connectivity index (χ0v) is 10.9. The average molecular weight is 278 g/mol. The second-order valence-electron chi connectivity index (χ2n) is 4.90. The van der Waals surface area contributed by atoms with Crippen LogP contribution in [0, 0.1) is 23.0 Å². The van der Waals surface area contributed by atoms with E-state index in [0.29, 0.717) is 18.7 Å². The van der Waals surface area contributed by atoms with Crippen LogP contribution in [0.1, 0.15) is 22.3 Å². The number of carbonyl (C=O) groups is 2. The number of hydrogen-bond donors (Lipinski definition) is 1. The van der Waals surface area contributed by atoms with Gasteiger partial charge in [0.2, 0.25) is 0 Å². The van der Waals surface area contributed by atoms with E-state index in [9.17, 15) is 19.7 Å². The molecular weight excluding hydrogens is 264 g/mol. The van der Waals surface area contributed by atoms with Gasteiger partial charge in [-0.3, -0.25) is 19.7 Å². The van der Waals surface area contributed by atoms with E-state index in [4.69, 9.17) is 5.11 Å². The van der Waals surface area contributed by atoms with Crippen molar-refractivity contribution in [1.29, 1.82) is 0 Å². The number of rotatable bonds is 4. The summed E-state index contributed by atoms with van der Waals surface area (Å²) in [7, 11) is 0. The summed E-state index contributed by atoms with van der Waals surface area (Å²) in [6.07, 6.45) is 0.0136. The van der Waals surface area contributed by atoms with Crippen LogP contribution < -0.4 is 0 Å². The van der Waals surface area contributed by atoms with Crippen LogP contribution in [0.3, 0.4) is 0 Å². The van der Waals surface area contributed by atoms with Crippen LogP contribution >= 0.6 is 0 Å². The fraction of sp³-hybridized carbons (Fsp3) is 0.385. The van der Waals surface area contributed by atoms with E-state index in [1.165, 1.54) is 11.0 Å². The van der Waals surface area contributed by atoms with Gasteiger partial charge in [0.05, 0.1) is 11.3 Å². The van der Waals surface area contributed by atoms with E-state index in [2.05, 4.69) is 0 Å². The van der Waals surface area contributed by atoms with Crippen molar-refractivity contribution in [3.8, 4) is 0 Å². The van der Waals surface area contributed by atoms with E-state index in [-0.39, 0.29) is 23.6 Å². The Morgan fingerprint density at radius 2 is 2.10 bits per heavy atom. The Labute approximate surface area is 115 Å². The Bertz CT molecular complexity index is 578. The normalized spacial score (nSPS) is 14.8. The van der Waals surface area contributed by atoms with Gasteiger partial charge in [0, 0.05) is 24.6 Å². The number of para-hydroxylation sites is 1. The number of aliphatic carboxylic acids is 1. The lowest BCUT2D eigenvalue weighted by Gasteiger charge is -2.38. The summed E-state index contributed by atoms with van der Waals surface area (Å²) in [5.74, 6) is -1.38. The first-order chi connectivity index (χ1) is 9.40. The molecule has 20 heavy (non-hydrogen) atoms. The van der Waals surface area contributed by atoms with Crippen molar-refractivity contribution >= 4 is 17.6 Å². The Hall–Kier alpha value is -2.44. The highest BCUT2D eigenvalue weighted by Crippen LogP contribution is 2.28. The Morgan fingerprint density at radius 3 is 2.65 bits per heavy atom. The van der Waals surface area contributed by atoms with Gasteiger partial charge in [-0.25, -0.2) is 0 Å². The molecule has 1 amide bonds. The number of carbonyl (C=O) groups excluding carboxylic acids is 1. The van der Waals surface area contributed by atoms with Crippen molar-refractivity contribution < 1.29 is 19.6 Å². The molecule has 0 radical (unpaired) electrons. The number of nitro groups is 1. The summed E-state index contributed by atoms with van der Waals surface area (Å²) in [5, 5.41) is 19.7. The first kappa shape index (κ1) is 14.0. The molecule has 1 heterocycles. The number of carboxylic acid groups (broad SMARTS) is 1. The third-order valence-corrected chi connectivity index (χ3v) is 3.36. The van der Waals surface area contributed by atoms with E-state index in [1.54, 1.807) is 19.1 Å². The predicted octanol–water partition coefficient (Wildman–Crippen LogP) is 1.45. The van der Waals surface area contributed by atoms with Gasteiger partial charge in [0.15, 0.2) is 0 Å². The minimum atomic E-state index is -0.899. The molecule has 0 aliphatic carbocycles. The van der Waals surface area contributed by atoms with Crippen molar-refractivity contribution in [2.75, 3.05) is 13.1 Å². The van der Waals surface area contributed by atoms with Crippen LogP contribution in [0.4, 0.5) is 5.69 Å². The summed E-state index contributed by atoms with van der Waals surface area (Å²) in [6.45, 7) is 2.24. The van der Waals surface area contributed by atoms with E-state index in [0.717, 1.165) is 0 Å². The number of benzene rings is 1. The van der Waals surface area contributed by atoms with Crippen LogP contribution in [0.25, 0.3) is 0 Å². The molecule has 1 aromatic carbocycles. The van der Waals surface area contributed by atoms with Crippen LogP contribution in [0.5, 0.6) is 0 Å². The molecule has 0 spiro atoms. The van der Waals surface area contributed by atoms with Gasteiger partial charge >= 0.3 is 5.97 Å². The molecule has 7 nitrogen and oxygen atoms in total. The fourth-order valence-corrected chi connectivity index (χ4v) is 2.36. The lowest BCUT2D eigenvalue weighted by atomic mass is 9.95. The molecule has 1 saturated heterocycles. The van der Waals surface area contributed by atoms with Crippen molar-refractivity contribution in [2.45, 2.75) is 13.3 Å². The standard InChI is InChI=1S/C13H14N2O5/c1-8-3-2-4-10(12(8)15(19)20)13(18)14-6-9(7-14)5-11(16)17/h2-4,9H,5-7H2,1H3,(H,16,17). The maximum absolute atomic E-state index is 12.2. The smallest absolute Gasteiger partial charge is 0.303 e. The molecule has 1 N–H and O–H groups in total. The first-order valence-electron chi connectivity index (χ1n) is 6.15. The summed E-state index contributed by atoms with van der Waals surface area (Å²) >= 11 is 0. The summed E-state index contributed by atoms with van der Waals surface area (Å²) in [6, 6.07) is 4.61. The summed E-state index contributed by atoms with van der Waals surface area (Å²) < 4.78 is 0. The zero-order chi connectivity index (χ0) is 14.9. The van der Waals surface area contributed by atoms with Crippen molar-refractivity contribution in [3.05, 3.63) is 39.4 Å². The lowest BCUT2D eigenvalue weighted by molar-refractivity contribution is -0.385. The maximum atomic E-state index is 12.2. The predicted molar refractivity (Wildman–Crippen MR) is 69.5 cm³/mol. The third kappa shape index (κ3) is 2.61. The van der Waals surface area contributed by atoms with E-state index in [1.807, 2.05) is 0 Å². The molecule has 0 bridgehead atoms. The van der Waals surface area contributed by atoms with Crippen LogP contribution in [0.15, 0.2) is 18.2 Å². The number of likely N-dealkylation sites (tertiary alicyclic amines) is 1. The van der Waals surface area contributed by atoms with E-state index < -0.39 is 16.8 Å². The number of nitrogens with zero attached hydrogens (tertiary/aromatic N) is 2. The molecule has 1 aliphatic rings. The lowest BCUT2D eigenvalue weighted by Crippen LogP contribution is -2.50. The molecule has 0 unspecified atom stereocenters. The van der Waals surface area contributed by atoms with Crippen LogP contribution in [-0.2, 0) is 4.79 Å². The van der Waals surface area contributed by atoms with Gasteiger partial charge < -0.3 is 10.0 Å². The molecule has 1 aromatic rings. The minimum Gasteiger partial charge on any atom is -0.481 e. The summed E-state index contributed by atoms with van der Waals surface area (Å²) in [4.78, 5) is 34.7. The number of carboxylic acids is 1. The molecule has 7 heteroatoms. The monoisotopic (exact) mass is 278 g/mol. The Morgan fingerprint density at radius 1 is 1.45 bits per heavy atom. The Kier molecular flexibility index (Phi) is 3.69. The van der Waals surface area contributed by atoms with Crippen molar-refractivity contribution in [2.24, 2.45) is 5.92 Å². The molecule has 106 valence electrons. The van der Waals surface area contributed by atoms with Crippen molar-refractivity contribution in [1.82, 2.24) is 4.90 Å². The number of nitro benzene ring substituents is 1. The van der Waals surface area contributed by atoms with Crippen molar-refractivity contribution in [3.63, 3.8) is 0 Å². The van der Waals surface area contributed by atoms with E-state index >= 15 is 0 Å². The first-order valence-corrected chi connectivity index (χ1v) is 6.15. The topological polar surface area (TPSA) is 101 Å². The van der Waals surface area contributed by atoms with Gasteiger partial charge in [0.1, 0.15) is 5.56 Å². The highest BCUT2D eigenvalue weighted by Gasteiger charge is 2.35. The van der Waals surface area contributed by atoms with Gasteiger partial charge in [-0.15, -0.1) is 0 Å². The zero-order valence-electron chi connectivity index (χ0n) is 10.9. The molecule has 1 fully saturated rings. The minimum absolute atomic E-state index is 0.0136. The number of amides is 1. The molecule has 2 rings (SSSR count). The highest BCUT2D eigenvalue weighted by atomic mass is 16.6. The molecule has 0 aromatic heterocycles. The van der Waals surface area contributed by atoms with Crippen LogP contribution in [0.2, 0.25) is 0 Å². The van der Waals surface area contributed by atoms with Gasteiger partial charge in [0.25, 0.3) is 11.6 Å². The fourth-order valence-electron chi connectivity index (χ4n) is 2.36. The summed E-state index contributed by atoms with van der Waals surface area (Å²) in [5.41, 5.74) is 0.311. The molecule has 0 saturated carbocycles. The number of aryl methyl sites for hydroxylation is 1. The average Bonchev–Trinajstić information content (AvgIpc) is 2.31. The largest absolute Gasteiger partial charge is 0.481 e. The third-order valence-electron chi connectivity index (χ3n) is 3.36. The van der Waals surface area contributed by atoms with Gasteiger partial charge in [-0.1, -0.05) is 12.1 Å². The van der Waals surface area contributed by atoms with Gasteiger partial charge in [-0.2, -0.15) is 0 Å². The second-order valence-corrected chi connectivity index (χ2v) is 4.90. The van der Waals surface area contributed by atoms with Crippen LogP contribution in [-0.4, -0.2) is 39.9 Å². The number of hydrogen-bond acceptors (Lipinski definition) is 4. The molecule has 1 aliphatic heterocycles. The van der Waals surface area contributed by atoms with Gasteiger partial charge in [-0.05, 0) is 13.0 Å². The Balaban J connectivity index is 2.14. The highest BCUT2D eigenvalue weighted by molar-refractivity contribution is 5.99. The molecular formula is C13H14N2O5. The molecule has 0 atom stereocenters.